The maximum absolute atomic E-state index is 4.73. The molecular weight excluding hydrogens is 196 g/mol. The van der Waals surface area contributed by atoms with Gasteiger partial charge in [-0.2, -0.15) is 15.0 Å². The topological polar surface area (TPSA) is 52.4 Å². The van der Waals surface area contributed by atoms with Gasteiger partial charge in [-0.1, -0.05) is 38.5 Å². The minimum absolute atomic E-state index is 0.551. The number of rotatable bonds is 0. The molecule has 1 aliphatic rings. The molecule has 5 nitrogen and oxygen atoms in total. The first-order chi connectivity index (χ1) is 7.50. The van der Waals surface area contributed by atoms with Gasteiger partial charge in [0.2, 0.25) is 0 Å². The van der Waals surface area contributed by atoms with Crippen molar-refractivity contribution in [2.24, 2.45) is 10.4 Å². The average Bonchev–Trinajstić information content (AvgIpc) is 2.27. The van der Waals surface area contributed by atoms with Crippen LogP contribution in [0.15, 0.2) is 10.4 Å². The standard InChI is InChI=1S/C10H20N2O3/c1-2-4-6-8-10-13-15-14-12-11-9-7-5-3-1/h1-10H2. The third-order valence-corrected chi connectivity index (χ3v) is 2.41. The molecule has 0 aromatic rings. The zero-order chi connectivity index (χ0) is 10.6. The highest BCUT2D eigenvalue weighted by Gasteiger charge is 1.95. The van der Waals surface area contributed by atoms with Crippen molar-refractivity contribution in [1.29, 1.82) is 0 Å². The van der Waals surface area contributed by atoms with E-state index >= 15 is 0 Å². The fraction of sp³-hybridized carbons (Fsp3) is 1.00. The molecule has 0 bridgehead atoms. The van der Waals surface area contributed by atoms with E-state index in [4.69, 9.17) is 4.89 Å². The fourth-order valence-corrected chi connectivity index (χ4v) is 1.54. The van der Waals surface area contributed by atoms with Crippen LogP contribution in [0.4, 0.5) is 0 Å². The maximum Gasteiger partial charge on any atom is 0.0864 e. The molecular formula is C10H20N2O3. The fourth-order valence-electron chi connectivity index (χ4n) is 1.54. The van der Waals surface area contributed by atoms with Gasteiger partial charge in [0, 0.05) is 5.04 Å². The molecule has 0 saturated carbocycles. The second-order valence-corrected chi connectivity index (χ2v) is 3.74. The number of hydrogen-bond acceptors (Lipinski definition) is 5. The number of hydrogen-bond donors (Lipinski definition) is 0. The van der Waals surface area contributed by atoms with Crippen LogP contribution in [0.25, 0.3) is 0 Å². The molecule has 1 aliphatic heterocycles. The van der Waals surface area contributed by atoms with Crippen LogP contribution in [0.3, 0.4) is 0 Å². The van der Waals surface area contributed by atoms with Gasteiger partial charge in [-0.15, -0.1) is 0 Å². The smallest absolute Gasteiger partial charge is 0.0864 e. The summed E-state index contributed by atoms with van der Waals surface area (Å²) >= 11 is 0. The van der Waals surface area contributed by atoms with E-state index < -0.39 is 0 Å². The first-order valence-electron chi connectivity index (χ1n) is 5.82. The Hall–Kier alpha value is -0.680. The Bertz CT molecular complexity index is 149. The van der Waals surface area contributed by atoms with Crippen LogP contribution < -0.4 is 0 Å². The molecule has 15 heavy (non-hydrogen) atoms. The predicted molar refractivity (Wildman–Crippen MR) is 54.8 cm³/mol. The average molecular weight is 216 g/mol. The van der Waals surface area contributed by atoms with Crippen LogP contribution in [0.1, 0.15) is 51.4 Å². The van der Waals surface area contributed by atoms with Gasteiger partial charge in [-0.25, -0.2) is 0 Å². The molecule has 0 saturated heterocycles. The van der Waals surface area contributed by atoms with E-state index in [1.165, 1.54) is 38.5 Å². The van der Waals surface area contributed by atoms with Crippen molar-refractivity contribution in [1.82, 2.24) is 0 Å². The summed E-state index contributed by atoms with van der Waals surface area (Å²) in [6.07, 6.45) is 9.68. The van der Waals surface area contributed by atoms with Crippen LogP contribution in [0.2, 0.25) is 0 Å². The van der Waals surface area contributed by atoms with Crippen LogP contribution >= 0.6 is 0 Å². The minimum Gasteiger partial charge on any atom is -0.194 e. The lowest BCUT2D eigenvalue weighted by molar-refractivity contribution is -0.517. The molecule has 0 aliphatic carbocycles. The summed E-state index contributed by atoms with van der Waals surface area (Å²) in [5, 5.41) is 11.5. The first-order valence-corrected chi connectivity index (χ1v) is 5.82. The second-order valence-electron chi connectivity index (χ2n) is 3.74. The van der Waals surface area contributed by atoms with Crippen molar-refractivity contribution in [3.05, 3.63) is 0 Å². The Morgan fingerprint density at radius 2 is 1.40 bits per heavy atom. The van der Waals surface area contributed by atoms with Gasteiger partial charge in [-0.05, 0) is 12.8 Å². The van der Waals surface area contributed by atoms with E-state index in [-0.39, 0.29) is 0 Å². The highest BCUT2D eigenvalue weighted by atomic mass is 17.5. The van der Waals surface area contributed by atoms with Gasteiger partial charge >= 0.3 is 0 Å². The Morgan fingerprint density at radius 3 is 2.20 bits per heavy atom. The highest BCUT2D eigenvalue weighted by Crippen LogP contribution is 2.09. The van der Waals surface area contributed by atoms with Gasteiger partial charge < -0.3 is 0 Å². The predicted octanol–water partition coefficient (Wildman–Crippen LogP) is 3.37. The van der Waals surface area contributed by atoms with Crippen molar-refractivity contribution in [3.63, 3.8) is 0 Å². The lowest BCUT2D eigenvalue weighted by atomic mass is 10.1. The summed E-state index contributed by atoms with van der Waals surface area (Å²) < 4.78 is 0. The summed E-state index contributed by atoms with van der Waals surface area (Å²) in [5.74, 6) is 0. The molecule has 0 fully saturated rings. The molecule has 0 N–H and O–H groups in total. The molecule has 1 rings (SSSR count). The largest absolute Gasteiger partial charge is 0.194 e. The lowest BCUT2D eigenvalue weighted by Crippen LogP contribution is -1.95. The van der Waals surface area contributed by atoms with E-state index in [0.29, 0.717) is 13.2 Å². The van der Waals surface area contributed by atoms with Crippen molar-refractivity contribution < 1.29 is 14.9 Å². The summed E-state index contributed by atoms with van der Waals surface area (Å²) in [5.41, 5.74) is 0. The quantitative estimate of drug-likeness (QED) is 0.583. The Morgan fingerprint density at radius 1 is 0.733 bits per heavy atom. The molecule has 0 aromatic heterocycles. The van der Waals surface area contributed by atoms with Gasteiger partial charge in [0.15, 0.2) is 0 Å². The summed E-state index contributed by atoms with van der Waals surface area (Å²) in [6.45, 7) is 1.25. The first kappa shape index (κ1) is 12.4. The summed E-state index contributed by atoms with van der Waals surface area (Å²) in [4.78, 5) is 9.08. The lowest BCUT2D eigenvalue weighted by Gasteiger charge is -2.00. The monoisotopic (exact) mass is 216 g/mol. The van der Waals surface area contributed by atoms with Gasteiger partial charge in [-0.3, -0.25) is 0 Å². The van der Waals surface area contributed by atoms with E-state index in [9.17, 15) is 0 Å². The van der Waals surface area contributed by atoms with Crippen LogP contribution in [-0.2, 0) is 14.9 Å². The van der Waals surface area contributed by atoms with Gasteiger partial charge in [0.25, 0.3) is 0 Å². The van der Waals surface area contributed by atoms with Crippen LogP contribution in [0.5, 0.6) is 0 Å². The zero-order valence-corrected chi connectivity index (χ0v) is 9.19. The normalized spacial score (nSPS) is 22.4. The van der Waals surface area contributed by atoms with Gasteiger partial charge in [0.05, 0.1) is 18.4 Å². The van der Waals surface area contributed by atoms with Gasteiger partial charge in [0.1, 0.15) is 0 Å². The molecule has 0 unspecified atom stereocenters. The van der Waals surface area contributed by atoms with Crippen LogP contribution in [0, 0.1) is 0 Å². The Labute approximate surface area is 90.6 Å². The minimum atomic E-state index is 0.551. The van der Waals surface area contributed by atoms with E-state index in [1.54, 1.807) is 0 Å². The Kier molecular flexibility index (Phi) is 8.14. The SMILES string of the molecule is C1CCCCCOOON=NCCCC1. The molecule has 5 heteroatoms. The second kappa shape index (κ2) is 9.86. The molecule has 0 amide bonds. The Balaban J connectivity index is 2.08. The maximum atomic E-state index is 4.73. The van der Waals surface area contributed by atoms with Crippen molar-refractivity contribution >= 4 is 0 Å². The number of nitrogens with zero attached hydrogens (tertiary/aromatic N) is 2. The zero-order valence-electron chi connectivity index (χ0n) is 9.19. The molecule has 1 heterocycles. The third-order valence-electron chi connectivity index (χ3n) is 2.41. The van der Waals surface area contributed by atoms with Crippen molar-refractivity contribution in [3.8, 4) is 0 Å². The van der Waals surface area contributed by atoms with Crippen LogP contribution in [-0.4, -0.2) is 13.2 Å². The molecule has 0 spiro atoms. The third kappa shape index (κ3) is 8.32. The summed E-state index contributed by atoms with van der Waals surface area (Å²) in [6, 6.07) is 0. The van der Waals surface area contributed by atoms with Crippen molar-refractivity contribution in [2.75, 3.05) is 13.2 Å². The molecule has 0 aromatic carbocycles. The van der Waals surface area contributed by atoms with E-state index in [2.05, 4.69) is 20.4 Å². The highest BCUT2D eigenvalue weighted by molar-refractivity contribution is 4.47. The molecule has 0 radical (unpaired) electrons. The van der Waals surface area contributed by atoms with E-state index in [1.807, 2.05) is 0 Å². The van der Waals surface area contributed by atoms with Crippen molar-refractivity contribution in [2.45, 2.75) is 51.4 Å². The summed E-state index contributed by atoms with van der Waals surface area (Å²) in [7, 11) is 0. The molecule has 88 valence electrons. The van der Waals surface area contributed by atoms with E-state index in [0.717, 1.165) is 12.8 Å². The molecule has 0 atom stereocenters.